The first-order valence-corrected chi connectivity index (χ1v) is 12.8. The Labute approximate surface area is 208 Å². The fourth-order valence-corrected chi connectivity index (χ4v) is 5.25. The molecule has 6 heteroatoms. The van der Waals surface area contributed by atoms with Crippen LogP contribution in [0.4, 0.5) is 5.82 Å². The van der Waals surface area contributed by atoms with E-state index < -0.39 is 0 Å². The van der Waals surface area contributed by atoms with Crippen LogP contribution in [0, 0.1) is 12.8 Å². The summed E-state index contributed by atoms with van der Waals surface area (Å²) in [6.07, 6.45) is 5.43. The molecule has 5 rings (SSSR count). The Bertz CT molecular complexity index is 1120. The fourth-order valence-electron chi connectivity index (χ4n) is 5.25. The van der Waals surface area contributed by atoms with Crippen molar-refractivity contribution < 1.29 is 4.79 Å². The van der Waals surface area contributed by atoms with Crippen LogP contribution in [0.1, 0.15) is 36.8 Å². The van der Waals surface area contributed by atoms with Crippen molar-refractivity contribution in [2.24, 2.45) is 5.92 Å². The summed E-state index contributed by atoms with van der Waals surface area (Å²) in [5, 5.41) is 3.35. The molecule has 0 unspecified atom stereocenters. The van der Waals surface area contributed by atoms with E-state index >= 15 is 0 Å². The average molecular weight is 470 g/mol. The molecule has 0 radical (unpaired) electrons. The lowest BCUT2D eigenvalue weighted by molar-refractivity contribution is -0.126. The highest BCUT2D eigenvalue weighted by molar-refractivity contribution is 5.79. The van der Waals surface area contributed by atoms with E-state index in [9.17, 15) is 4.79 Å². The van der Waals surface area contributed by atoms with Crippen LogP contribution in [0.25, 0.3) is 11.3 Å². The maximum absolute atomic E-state index is 13.0. The van der Waals surface area contributed by atoms with Gasteiger partial charge in [0.2, 0.25) is 5.91 Å². The van der Waals surface area contributed by atoms with Crippen LogP contribution < -0.4 is 10.2 Å². The molecule has 1 amide bonds. The number of likely N-dealkylation sites (tertiary alicyclic amines) is 1. The van der Waals surface area contributed by atoms with Crippen molar-refractivity contribution in [3.8, 4) is 11.3 Å². The summed E-state index contributed by atoms with van der Waals surface area (Å²) >= 11 is 0. The van der Waals surface area contributed by atoms with Crippen molar-refractivity contribution in [2.75, 3.05) is 31.1 Å². The molecule has 35 heavy (non-hydrogen) atoms. The number of anilines is 1. The highest BCUT2D eigenvalue weighted by Crippen LogP contribution is 2.26. The van der Waals surface area contributed by atoms with Crippen molar-refractivity contribution in [1.29, 1.82) is 0 Å². The third-order valence-electron chi connectivity index (χ3n) is 7.34. The van der Waals surface area contributed by atoms with Crippen molar-refractivity contribution in [2.45, 2.75) is 45.2 Å². The third kappa shape index (κ3) is 6.06. The van der Waals surface area contributed by atoms with E-state index in [1.165, 1.54) is 11.1 Å². The van der Waals surface area contributed by atoms with Gasteiger partial charge in [0.1, 0.15) is 12.1 Å². The number of rotatable bonds is 6. The predicted molar refractivity (Wildman–Crippen MR) is 140 cm³/mol. The first-order valence-electron chi connectivity index (χ1n) is 12.8. The van der Waals surface area contributed by atoms with Gasteiger partial charge in [0, 0.05) is 56.3 Å². The number of hydrogen-bond acceptors (Lipinski definition) is 5. The van der Waals surface area contributed by atoms with Crippen LogP contribution in [0.3, 0.4) is 0 Å². The molecular formula is C29H35N5O. The molecule has 0 spiro atoms. The number of aryl methyl sites for hydroxylation is 1. The molecule has 3 heterocycles. The number of nitrogens with one attached hydrogen (secondary N) is 1. The second-order valence-corrected chi connectivity index (χ2v) is 9.94. The van der Waals surface area contributed by atoms with E-state index in [-0.39, 0.29) is 11.8 Å². The van der Waals surface area contributed by atoms with E-state index in [1.807, 2.05) is 0 Å². The van der Waals surface area contributed by atoms with Crippen LogP contribution in [-0.2, 0) is 11.3 Å². The van der Waals surface area contributed by atoms with Gasteiger partial charge in [-0.1, -0.05) is 54.1 Å². The van der Waals surface area contributed by atoms with Crippen LogP contribution in [0.2, 0.25) is 0 Å². The van der Waals surface area contributed by atoms with E-state index in [4.69, 9.17) is 0 Å². The minimum Gasteiger partial charge on any atom is -0.356 e. The zero-order chi connectivity index (χ0) is 24.0. The van der Waals surface area contributed by atoms with Gasteiger partial charge in [0.25, 0.3) is 0 Å². The molecule has 182 valence electrons. The highest BCUT2D eigenvalue weighted by atomic mass is 16.2. The van der Waals surface area contributed by atoms with E-state index in [1.54, 1.807) is 6.33 Å². The van der Waals surface area contributed by atoms with Gasteiger partial charge in [-0.25, -0.2) is 9.97 Å². The zero-order valence-electron chi connectivity index (χ0n) is 20.6. The summed E-state index contributed by atoms with van der Waals surface area (Å²) in [6.45, 7) is 6.85. The van der Waals surface area contributed by atoms with Gasteiger partial charge in [-0.2, -0.15) is 0 Å². The number of benzene rings is 2. The van der Waals surface area contributed by atoms with Gasteiger partial charge in [0.15, 0.2) is 0 Å². The first-order chi connectivity index (χ1) is 17.1. The molecule has 1 aromatic heterocycles. The summed E-state index contributed by atoms with van der Waals surface area (Å²) in [6, 6.07) is 21.4. The predicted octanol–water partition coefficient (Wildman–Crippen LogP) is 4.45. The molecule has 2 aromatic carbocycles. The van der Waals surface area contributed by atoms with Gasteiger partial charge in [0.05, 0.1) is 5.69 Å². The molecule has 0 bridgehead atoms. The smallest absolute Gasteiger partial charge is 0.223 e. The molecule has 3 aromatic rings. The molecule has 0 saturated carbocycles. The average Bonchev–Trinajstić information content (AvgIpc) is 2.90. The molecule has 0 aliphatic carbocycles. The second kappa shape index (κ2) is 11.0. The molecule has 6 nitrogen and oxygen atoms in total. The number of hydrogen-bond donors (Lipinski definition) is 1. The molecule has 2 fully saturated rings. The lowest BCUT2D eigenvalue weighted by atomic mass is 9.94. The minimum absolute atomic E-state index is 0.0895. The zero-order valence-corrected chi connectivity index (χ0v) is 20.6. The van der Waals surface area contributed by atoms with Gasteiger partial charge in [-0.15, -0.1) is 0 Å². The molecule has 2 saturated heterocycles. The van der Waals surface area contributed by atoms with Gasteiger partial charge < -0.3 is 10.2 Å². The second-order valence-electron chi connectivity index (χ2n) is 9.94. The van der Waals surface area contributed by atoms with Gasteiger partial charge in [-0.3, -0.25) is 9.69 Å². The molecule has 0 atom stereocenters. The highest BCUT2D eigenvalue weighted by Gasteiger charge is 2.28. The third-order valence-corrected chi connectivity index (χ3v) is 7.34. The Hall–Kier alpha value is -3.25. The molecular weight excluding hydrogens is 434 g/mol. The van der Waals surface area contributed by atoms with Gasteiger partial charge >= 0.3 is 0 Å². The maximum atomic E-state index is 13.0. The summed E-state index contributed by atoms with van der Waals surface area (Å²) in [5.74, 6) is 1.27. The summed E-state index contributed by atoms with van der Waals surface area (Å²) in [4.78, 5) is 26.8. The molecule has 1 N–H and O–H groups in total. The summed E-state index contributed by atoms with van der Waals surface area (Å²) in [5.41, 5.74) is 4.63. The summed E-state index contributed by atoms with van der Waals surface area (Å²) < 4.78 is 0. The Kier molecular flexibility index (Phi) is 7.38. The van der Waals surface area contributed by atoms with E-state index in [0.717, 1.165) is 75.5 Å². The normalized spacial score (nSPS) is 17.9. The van der Waals surface area contributed by atoms with Crippen molar-refractivity contribution in [3.05, 3.63) is 78.1 Å². The van der Waals surface area contributed by atoms with Crippen LogP contribution in [0.15, 0.2) is 67.0 Å². The standard InChI is InChI=1S/C29H35N5O/c1-22-6-5-9-25(18-22)27-19-28(31-21-30-27)34-16-10-24(11-17-34)29(35)32-26-12-14-33(15-13-26)20-23-7-3-2-4-8-23/h2-9,18-19,21,24,26H,10-17,20H2,1H3,(H,32,35). The lowest BCUT2D eigenvalue weighted by Crippen LogP contribution is -2.48. The Morgan fingerprint density at radius 3 is 2.43 bits per heavy atom. The van der Waals surface area contributed by atoms with Crippen LogP contribution in [-0.4, -0.2) is 53.0 Å². The Morgan fingerprint density at radius 2 is 1.69 bits per heavy atom. The number of carbonyl (C=O) groups excluding carboxylic acids is 1. The molecule has 2 aliphatic heterocycles. The van der Waals surface area contributed by atoms with Crippen molar-refractivity contribution >= 4 is 11.7 Å². The van der Waals surface area contributed by atoms with Crippen molar-refractivity contribution in [3.63, 3.8) is 0 Å². The maximum Gasteiger partial charge on any atom is 0.223 e. The van der Waals surface area contributed by atoms with E-state index in [2.05, 4.69) is 92.7 Å². The van der Waals surface area contributed by atoms with Crippen LogP contribution >= 0.6 is 0 Å². The van der Waals surface area contributed by atoms with Gasteiger partial charge in [-0.05, 0) is 44.2 Å². The fraction of sp³-hybridized carbons (Fsp3) is 0.414. The lowest BCUT2D eigenvalue weighted by Gasteiger charge is -2.35. The largest absolute Gasteiger partial charge is 0.356 e. The number of carbonyl (C=O) groups is 1. The monoisotopic (exact) mass is 469 g/mol. The topological polar surface area (TPSA) is 61.4 Å². The Morgan fingerprint density at radius 1 is 0.914 bits per heavy atom. The number of aromatic nitrogens is 2. The van der Waals surface area contributed by atoms with Crippen LogP contribution in [0.5, 0.6) is 0 Å². The summed E-state index contributed by atoms with van der Waals surface area (Å²) in [7, 11) is 0. The van der Waals surface area contributed by atoms with Crippen molar-refractivity contribution in [1.82, 2.24) is 20.2 Å². The number of piperidine rings is 2. The quantitative estimate of drug-likeness (QED) is 0.578. The Balaban J connectivity index is 1.09. The number of amides is 1. The minimum atomic E-state index is 0.0895. The first kappa shape index (κ1) is 23.5. The molecule has 2 aliphatic rings. The number of nitrogens with zero attached hydrogens (tertiary/aromatic N) is 4. The SMILES string of the molecule is Cc1cccc(-c2cc(N3CCC(C(=O)NC4CCN(Cc5ccccc5)CC4)CC3)ncn2)c1. The van der Waals surface area contributed by atoms with E-state index in [0.29, 0.717) is 6.04 Å².